The van der Waals surface area contributed by atoms with Crippen LogP contribution in [0.1, 0.15) is 13.8 Å². The first-order chi connectivity index (χ1) is 8.08. The second kappa shape index (κ2) is 4.85. The first-order valence-electron chi connectivity index (χ1n) is 5.61. The molecule has 17 heavy (non-hydrogen) atoms. The number of nitrogens with two attached hydrogens (primary N) is 1. The second-order valence-corrected chi connectivity index (χ2v) is 5.38. The van der Waals surface area contributed by atoms with Crippen LogP contribution in [0.4, 0.5) is 5.69 Å². The lowest BCUT2D eigenvalue weighted by Gasteiger charge is -2.15. The van der Waals surface area contributed by atoms with Gasteiger partial charge in [-0.2, -0.15) is 0 Å². The molecule has 1 atom stereocenters. The molecule has 2 aromatic rings. The summed E-state index contributed by atoms with van der Waals surface area (Å²) in [6, 6.07) is 7.46. The van der Waals surface area contributed by atoms with Crippen LogP contribution in [0.25, 0.3) is 10.1 Å². The Morgan fingerprint density at radius 2 is 2.12 bits per heavy atom. The molecular formula is C13H16N2OS. The molecule has 0 aliphatic carbocycles. The van der Waals surface area contributed by atoms with E-state index in [9.17, 15) is 4.79 Å². The monoisotopic (exact) mass is 248 g/mol. The Labute approximate surface area is 105 Å². The number of nitrogens with one attached hydrogen (secondary N) is 1. The molecule has 3 N–H and O–H groups in total. The number of rotatable bonds is 3. The summed E-state index contributed by atoms with van der Waals surface area (Å²) < 4.78 is 1.22. The van der Waals surface area contributed by atoms with Gasteiger partial charge in [-0.15, -0.1) is 11.3 Å². The van der Waals surface area contributed by atoms with Gasteiger partial charge in [0.25, 0.3) is 0 Å². The largest absolute Gasteiger partial charge is 0.325 e. The quantitative estimate of drug-likeness (QED) is 0.877. The fourth-order valence-corrected chi connectivity index (χ4v) is 2.34. The minimum atomic E-state index is -0.465. The third-order valence-corrected chi connectivity index (χ3v) is 3.64. The molecule has 0 radical (unpaired) electrons. The molecule has 1 heterocycles. The smallest absolute Gasteiger partial charge is 0.241 e. The summed E-state index contributed by atoms with van der Waals surface area (Å²) in [4.78, 5) is 11.8. The van der Waals surface area contributed by atoms with Crippen molar-refractivity contribution in [3.8, 4) is 0 Å². The van der Waals surface area contributed by atoms with E-state index in [1.165, 1.54) is 4.70 Å². The van der Waals surface area contributed by atoms with Gasteiger partial charge in [0.15, 0.2) is 0 Å². The highest BCUT2D eigenvalue weighted by molar-refractivity contribution is 7.17. The number of hydrogen-bond acceptors (Lipinski definition) is 3. The highest BCUT2D eigenvalue weighted by Crippen LogP contribution is 2.24. The molecule has 0 fully saturated rings. The lowest BCUT2D eigenvalue weighted by Crippen LogP contribution is -2.39. The third kappa shape index (κ3) is 2.65. The van der Waals surface area contributed by atoms with Crippen molar-refractivity contribution in [3.63, 3.8) is 0 Å². The van der Waals surface area contributed by atoms with E-state index in [1.54, 1.807) is 11.3 Å². The number of carbonyl (C=O) groups is 1. The van der Waals surface area contributed by atoms with Crippen molar-refractivity contribution >= 4 is 33.0 Å². The lowest BCUT2D eigenvalue weighted by molar-refractivity contribution is -0.118. The summed E-state index contributed by atoms with van der Waals surface area (Å²) in [5, 5.41) is 6.03. The van der Waals surface area contributed by atoms with E-state index in [2.05, 4.69) is 5.32 Å². The number of fused-ring (bicyclic) bond motifs is 1. The molecule has 0 spiro atoms. The van der Waals surface area contributed by atoms with Gasteiger partial charge in [0, 0.05) is 10.4 Å². The summed E-state index contributed by atoms with van der Waals surface area (Å²) in [6.45, 7) is 3.87. The zero-order valence-electron chi connectivity index (χ0n) is 9.94. The zero-order valence-corrected chi connectivity index (χ0v) is 10.8. The molecule has 0 saturated carbocycles. The summed E-state index contributed by atoms with van der Waals surface area (Å²) in [5.74, 6) is 0.00876. The van der Waals surface area contributed by atoms with Gasteiger partial charge in [-0.05, 0) is 40.9 Å². The first kappa shape index (κ1) is 12.1. The van der Waals surface area contributed by atoms with Crippen molar-refractivity contribution < 1.29 is 4.79 Å². The lowest BCUT2D eigenvalue weighted by atomic mass is 10.0. The number of amides is 1. The zero-order chi connectivity index (χ0) is 12.4. The molecular weight excluding hydrogens is 232 g/mol. The van der Waals surface area contributed by atoms with Crippen LogP contribution >= 0.6 is 11.3 Å². The summed E-state index contributed by atoms with van der Waals surface area (Å²) in [6.07, 6.45) is 0. The SMILES string of the molecule is CC(C)[C@@H](N)C(=O)Nc1ccc2sccc2c1. The Balaban J connectivity index is 2.15. The van der Waals surface area contributed by atoms with E-state index in [0.717, 1.165) is 11.1 Å². The van der Waals surface area contributed by atoms with Gasteiger partial charge in [-0.3, -0.25) is 4.79 Å². The van der Waals surface area contributed by atoms with Gasteiger partial charge >= 0.3 is 0 Å². The van der Waals surface area contributed by atoms with Crippen LogP contribution in [-0.2, 0) is 4.79 Å². The molecule has 0 aliphatic rings. The van der Waals surface area contributed by atoms with Gasteiger partial charge < -0.3 is 11.1 Å². The Bertz CT molecular complexity index is 533. The highest BCUT2D eigenvalue weighted by Gasteiger charge is 2.17. The van der Waals surface area contributed by atoms with Gasteiger partial charge in [0.1, 0.15) is 0 Å². The molecule has 0 aliphatic heterocycles. The van der Waals surface area contributed by atoms with Crippen LogP contribution in [0.15, 0.2) is 29.6 Å². The molecule has 1 aromatic heterocycles. The van der Waals surface area contributed by atoms with Crippen molar-refractivity contribution in [3.05, 3.63) is 29.6 Å². The Morgan fingerprint density at radius 3 is 2.82 bits per heavy atom. The molecule has 0 saturated heterocycles. The highest BCUT2D eigenvalue weighted by atomic mass is 32.1. The molecule has 3 nitrogen and oxygen atoms in total. The predicted octanol–water partition coefficient (Wildman–Crippen LogP) is 2.82. The molecule has 1 aromatic carbocycles. The topological polar surface area (TPSA) is 55.1 Å². The number of benzene rings is 1. The summed E-state index contributed by atoms with van der Waals surface area (Å²) in [7, 11) is 0. The van der Waals surface area contributed by atoms with Crippen molar-refractivity contribution in [1.29, 1.82) is 0 Å². The second-order valence-electron chi connectivity index (χ2n) is 4.43. The molecule has 4 heteroatoms. The van der Waals surface area contributed by atoms with Crippen molar-refractivity contribution in [2.75, 3.05) is 5.32 Å². The maximum Gasteiger partial charge on any atom is 0.241 e. The van der Waals surface area contributed by atoms with Crippen molar-refractivity contribution in [2.24, 2.45) is 11.7 Å². The van der Waals surface area contributed by atoms with Crippen LogP contribution < -0.4 is 11.1 Å². The number of anilines is 1. The molecule has 1 amide bonds. The minimum absolute atomic E-state index is 0.130. The summed E-state index contributed by atoms with van der Waals surface area (Å²) in [5.41, 5.74) is 6.59. The number of carbonyl (C=O) groups excluding carboxylic acids is 1. The van der Waals surface area contributed by atoms with Crippen LogP contribution in [0, 0.1) is 5.92 Å². The van der Waals surface area contributed by atoms with E-state index >= 15 is 0 Å². The predicted molar refractivity (Wildman–Crippen MR) is 73.3 cm³/mol. The van der Waals surface area contributed by atoms with Crippen molar-refractivity contribution in [2.45, 2.75) is 19.9 Å². The van der Waals surface area contributed by atoms with Gasteiger partial charge in [0.05, 0.1) is 6.04 Å². The number of hydrogen-bond donors (Lipinski definition) is 2. The maximum absolute atomic E-state index is 11.8. The van der Waals surface area contributed by atoms with E-state index in [4.69, 9.17) is 5.73 Å². The van der Waals surface area contributed by atoms with E-state index in [0.29, 0.717) is 0 Å². The molecule has 90 valence electrons. The standard InChI is InChI=1S/C13H16N2OS/c1-8(2)12(14)13(16)15-10-3-4-11-9(7-10)5-6-17-11/h3-8,12H,14H2,1-2H3,(H,15,16)/t12-/m1/s1. The third-order valence-electron chi connectivity index (χ3n) is 2.74. The molecule has 2 rings (SSSR count). The minimum Gasteiger partial charge on any atom is -0.325 e. The summed E-state index contributed by atoms with van der Waals surface area (Å²) >= 11 is 1.69. The average molecular weight is 248 g/mol. The molecule has 0 bridgehead atoms. The van der Waals surface area contributed by atoms with Gasteiger partial charge in [-0.25, -0.2) is 0 Å². The Kier molecular flexibility index (Phi) is 3.45. The Hall–Kier alpha value is -1.39. The van der Waals surface area contributed by atoms with Gasteiger partial charge in [-0.1, -0.05) is 13.8 Å². The normalized spacial score (nSPS) is 12.9. The van der Waals surface area contributed by atoms with Crippen LogP contribution in [0.5, 0.6) is 0 Å². The van der Waals surface area contributed by atoms with E-state index in [1.807, 2.05) is 43.5 Å². The van der Waals surface area contributed by atoms with E-state index < -0.39 is 6.04 Å². The fourth-order valence-electron chi connectivity index (χ4n) is 1.57. The van der Waals surface area contributed by atoms with Crippen molar-refractivity contribution in [1.82, 2.24) is 0 Å². The van der Waals surface area contributed by atoms with Crippen LogP contribution in [0.2, 0.25) is 0 Å². The first-order valence-corrected chi connectivity index (χ1v) is 6.49. The number of thiophene rings is 1. The maximum atomic E-state index is 11.8. The Morgan fingerprint density at radius 1 is 1.35 bits per heavy atom. The van der Waals surface area contributed by atoms with Crippen LogP contribution in [0.3, 0.4) is 0 Å². The fraction of sp³-hybridized carbons (Fsp3) is 0.308. The van der Waals surface area contributed by atoms with Gasteiger partial charge in [0.2, 0.25) is 5.91 Å². The van der Waals surface area contributed by atoms with Crippen LogP contribution in [-0.4, -0.2) is 11.9 Å². The molecule has 0 unspecified atom stereocenters. The van der Waals surface area contributed by atoms with E-state index in [-0.39, 0.29) is 11.8 Å². The average Bonchev–Trinajstić information content (AvgIpc) is 2.74.